The van der Waals surface area contributed by atoms with Crippen molar-refractivity contribution >= 4 is 27.7 Å². The second kappa shape index (κ2) is 8.46. The van der Waals surface area contributed by atoms with Gasteiger partial charge in [-0.05, 0) is 49.2 Å². The fourth-order valence-electron chi connectivity index (χ4n) is 2.95. The number of hydrogen-bond acceptors (Lipinski definition) is 4. The number of thioether (sulfide) groups is 1. The highest BCUT2D eigenvalue weighted by atomic mass is 32.2. The molecular weight excluding hydrogens is 380 g/mol. The van der Waals surface area contributed by atoms with Gasteiger partial charge in [0.15, 0.2) is 0 Å². The summed E-state index contributed by atoms with van der Waals surface area (Å²) in [4.78, 5) is 15.6. The lowest BCUT2D eigenvalue weighted by Crippen LogP contribution is -2.50. The van der Waals surface area contributed by atoms with Gasteiger partial charge in [0, 0.05) is 31.1 Å². The summed E-state index contributed by atoms with van der Waals surface area (Å²) in [5.74, 6) is 0.417. The van der Waals surface area contributed by atoms with Gasteiger partial charge in [0.1, 0.15) is 0 Å². The van der Waals surface area contributed by atoms with E-state index in [2.05, 4.69) is 0 Å². The van der Waals surface area contributed by atoms with Gasteiger partial charge in [-0.1, -0.05) is 24.3 Å². The van der Waals surface area contributed by atoms with E-state index in [1.807, 2.05) is 50.2 Å². The van der Waals surface area contributed by atoms with Crippen LogP contribution in [0.4, 0.5) is 0 Å². The highest BCUT2D eigenvalue weighted by molar-refractivity contribution is 8.00. The molecule has 1 amide bonds. The molecule has 27 heavy (non-hydrogen) atoms. The molecule has 0 saturated carbocycles. The molecule has 0 bridgehead atoms. The molecule has 2 aromatic carbocycles. The second-order valence-electron chi connectivity index (χ2n) is 6.63. The molecule has 2 aromatic rings. The van der Waals surface area contributed by atoms with Gasteiger partial charge in [-0.2, -0.15) is 4.31 Å². The summed E-state index contributed by atoms with van der Waals surface area (Å²) in [6.07, 6.45) is 0. The minimum Gasteiger partial charge on any atom is -0.339 e. The Morgan fingerprint density at radius 3 is 2.26 bits per heavy atom. The molecule has 1 fully saturated rings. The van der Waals surface area contributed by atoms with E-state index in [1.165, 1.54) is 16.1 Å². The second-order valence-corrected chi connectivity index (χ2v) is 9.62. The molecule has 1 heterocycles. The molecule has 0 aromatic heterocycles. The van der Waals surface area contributed by atoms with Crippen molar-refractivity contribution in [3.63, 3.8) is 0 Å². The number of hydrogen-bond donors (Lipinski definition) is 0. The van der Waals surface area contributed by atoms with Crippen LogP contribution in [0.2, 0.25) is 0 Å². The van der Waals surface area contributed by atoms with E-state index in [0.29, 0.717) is 36.8 Å². The van der Waals surface area contributed by atoms with Gasteiger partial charge in [0.25, 0.3) is 0 Å². The number of nitrogens with zero attached hydrogens (tertiary/aromatic N) is 2. The molecule has 0 unspecified atom stereocenters. The molecule has 3 rings (SSSR count). The van der Waals surface area contributed by atoms with Crippen LogP contribution in [0.1, 0.15) is 11.1 Å². The van der Waals surface area contributed by atoms with Crippen molar-refractivity contribution in [1.29, 1.82) is 0 Å². The maximum Gasteiger partial charge on any atom is 0.243 e. The minimum absolute atomic E-state index is 0.0482. The maximum absolute atomic E-state index is 12.9. The Bertz CT molecular complexity index is 906. The van der Waals surface area contributed by atoms with Crippen LogP contribution in [-0.2, 0) is 14.8 Å². The number of carbonyl (C=O) groups excluding carboxylic acids is 1. The highest BCUT2D eigenvalue weighted by Crippen LogP contribution is 2.22. The molecular formula is C20H24N2O3S2. The van der Waals surface area contributed by atoms with Gasteiger partial charge >= 0.3 is 0 Å². The van der Waals surface area contributed by atoms with Crippen LogP contribution < -0.4 is 0 Å². The largest absolute Gasteiger partial charge is 0.339 e. The van der Waals surface area contributed by atoms with Crippen molar-refractivity contribution in [2.75, 3.05) is 31.9 Å². The van der Waals surface area contributed by atoms with Crippen molar-refractivity contribution < 1.29 is 13.2 Å². The van der Waals surface area contributed by atoms with E-state index in [4.69, 9.17) is 0 Å². The Morgan fingerprint density at radius 1 is 0.963 bits per heavy atom. The van der Waals surface area contributed by atoms with Gasteiger partial charge in [0.05, 0.1) is 10.6 Å². The van der Waals surface area contributed by atoms with E-state index >= 15 is 0 Å². The summed E-state index contributed by atoms with van der Waals surface area (Å²) < 4.78 is 27.2. The number of amides is 1. The summed E-state index contributed by atoms with van der Waals surface area (Å²) in [6, 6.07) is 15.0. The van der Waals surface area contributed by atoms with Crippen molar-refractivity contribution in [1.82, 2.24) is 9.21 Å². The van der Waals surface area contributed by atoms with Crippen molar-refractivity contribution in [2.24, 2.45) is 0 Å². The van der Waals surface area contributed by atoms with E-state index < -0.39 is 10.0 Å². The summed E-state index contributed by atoms with van der Waals surface area (Å²) in [5, 5.41) is 0. The molecule has 1 aliphatic heterocycles. The van der Waals surface area contributed by atoms with Crippen LogP contribution >= 0.6 is 11.8 Å². The molecule has 7 heteroatoms. The van der Waals surface area contributed by atoms with E-state index in [-0.39, 0.29) is 5.91 Å². The third kappa shape index (κ3) is 4.72. The number of rotatable bonds is 5. The van der Waals surface area contributed by atoms with Gasteiger partial charge in [-0.25, -0.2) is 8.42 Å². The van der Waals surface area contributed by atoms with Crippen LogP contribution in [0, 0.1) is 13.8 Å². The summed E-state index contributed by atoms with van der Waals surface area (Å²) in [5.41, 5.74) is 2.03. The van der Waals surface area contributed by atoms with E-state index in [9.17, 15) is 13.2 Å². The lowest BCUT2D eigenvalue weighted by molar-refractivity contribution is -0.129. The zero-order valence-electron chi connectivity index (χ0n) is 15.6. The molecule has 1 saturated heterocycles. The number of aryl methyl sites for hydroxylation is 2. The maximum atomic E-state index is 12.9. The predicted octanol–water partition coefficient (Wildman–Crippen LogP) is 2.93. The van der Waals surface area contributed by atoms with Crippen LogP contribution in [0.15, 0.2) is 58.3 Å². The number of sulfonamides is 1. The first-order valence-electron chi connectivity index (χ1n) is 8.91. The number of carbonyl (C=O) groups is 1. The minimum atomic E-state index is -3.52. The van der Waals surface area contributed by atoms with Crippen LogP contribution in [-0.4, -0.2) is 55.5 Å². The summed E-state index contributed by atoms with van der Waals surface area (Å²) in [6.45, 7) is 5.39. The topological polar surface area (TPSA) is 57.7 Å². The van der Waals surface area contributed by atoms with Crippen molar-refractivity contribution in [3.8, 4) is 0 Å². The zero-order chi connectivity index (χ0) is 19.4. The Kier molecular flexibility index (Phi) is 6.24. The lowest BCUT2D eigenvalue weighted by atomic mass is 10.1. The molecule has 0 N–H and O–H groups in total. The van der Waals surface area contributed by atoms with Crippen LogP contribution in [0.5, 0.6) is 0 Å². The third-order valence-corrected chi connectivity index (χ3v) is 7.70. The number of benzene rings is 2. The fourth-order valence-corrected chi connectivity index (χ4v) is 5.28. The van der Waals surface area contributed by atoms with E-state index in [0.717, 1.165) is 16.0 Å². The Labute approximate surface area is 165 Å². The van der Waals surface area contributed by atoms with Crippen LogP contribution in [0.25, 0.3) is 0 Å². The zero-order valence-corrected chi connectivity index (χ0v) is 17.2. The van der Waals surface area contributed by atoms with Gasteiger partial charge in [-0.3, -0.25) is 4.79 Å². The molecule has 0 atom stereocenters. The van der Waals surface area contributed by atoms with Crippen LogP contribution in [0.3, 0.4) is 0 Å². The molecule has 0 radical (unpaired) electrons. The lowest BCUT2D eigenvalue weighted by Gasteiger charge is -2.34. The Morgan fingerprint density at radius 2 is 1.63 bits per heavy atom. The highest BCUT2D eigenvalue weighted by Gasteiger charge is 2.30. The summed E-state index contributed by atoms with van der Waals surface area (Å²) >= 11 is 1.51. The third-order valence-electron chi connectivity index (χ3n) is 4.81. The first-order valence-corrected chi connectivity index (χ1v) is 11.3. The first-order chi connectivity index (χ1) is 12.9. The SMILES string of the molecule is Cc1ccc(S(=O)(=O)N2CCN(C(=O)CSc3ccccc3)CC2)cc1C. The van der Waals surface area contributed by atoms with Gasteiger partial charge in [0.2, 0.25) is 15.9 Å². The monoisotopic (exact) mass is 404 g/mol. The molecule has 0 spiro atoms. The van der Waals surface area contributed by atoms with E-state index in [1.54, 1.807) is 17.0 Å². The van der Waals surface area contributed by atoms with Crippen molar-refractivity contribution in [2.45, 2.75) is 23.6 Å². The van der Waals surface area contributed by atoms with Gasteiger partial charge in [-0.15, -0.1) is 11.8 Å². The Balaban J connectivity index is 1.57. The Hall–Kier alpha value is -1.83. The predicted molar refractivity (Wildman–Crippen MR) is 108 cm³/mol. The smallest absolute Gasteiger partial charge is 0.243 e. The summed E-state index contributed by atoms with van der Waals surface area (Å²) in [7, 11) is -3.52. The quantitative estimate of drug-likeness (QED) is 0.719. The van der Waals surface area contributed by atoms with Gasteiger partial charge < -0.3 is 4.90 Å². The average Bonchev–Trinajstić information content (AvgIpc) is 2.69. The average molecular weight is 405 g/mol. The first kappa shape index (κ1) is 19.9. The molecule has 5 nitrogen and oxygen atoms in total. The molecule has 144 valence electrons. The number of piperazine rings is 1. The molecule has 0 aliphatic carbocycles. The standard InChI is InChI=1S/C20H24N2O3S2/c1-16-8-9-19(14-17(16)2)27(24,25)22-12-10-21(11-13-22)20(23)15-26-18-6-4-3-5-7-18/h3-9,14H,10-13,15H2,1-2H3. The normalized spacial score (nSPS) is 15.7. The molecule has 1 aliphatic rings. The fraction of sp³-hybridized carbons (Fsp3) is 0.350. The van der Waals surface area contributed by atoms with Crippen molar-refractivity contribution in [3.05, 3.63) is 59.7 Å².